The number of hydrogen-bond donors (Lipinski definition) is 1. The highest BCUT2D eigenvalue weighted by atomic mass is 32.1. The van der Waals surface area contributed by atoms with Crippen LogP contribution in [0.1, 0.15) is 28.5 Å². The van der Waals surface area contributed by atoms with Crippen LogP contribution < -0.4 is 10.5 Å². The molecule has 1 atom stereocenters. The number of thiazole rings is 1. The molecule has 0 aliphatic rings. The van der Waals surface area contributed by atoms with Gasteiger partial charge in [0.25, 0.3) is 0 Å². The van der Waals surface area contributed by atoms with Crippen molar-refractivity contribution in [3.05, 3.63) is 45.9 Å². The molecule has 0 bridgehead atoms. The van der Waals surface area contributed by atoms with Crippen molar-refractivity contribution in [2.24, 2.45) is 5.73 Å². The van der Waals surface area contributed by atoms with Crippen molar-refractivity contribution in [3.8, 4) is 5.75 Å². The predicted octanol–water partition coefficient (Wildman–Crippen LogP) is 3.05. The van der Waals surface area contributed by atoms with Crippen molar-refractivity contribution in [2.75, 3.05) is 0 Å². The van der Waals surface area contributed by atoms with Crippen LogP contribution in [-0.4, -0.2) is 4.98 Å². The van der Waals surface area contributed by atoms with Crippen molar-refractivity contribution in [1.82, 2.24) is 4.98 Å². The molecule has 17 heavy (non-hydrogen) atoms. The Morgan fingerprint density at radius 3 is 2.65 bits per heavy atom. The molecule has 0 saturated carbocycles. The Morgan fingerprint density at radius 2 is 2.06 bits per heavy atom. The van der Waals surface area contributed by atoms with E-state index in [-0.39, 0.29) is 6.04 Å². The molecule has 1 unspecified atom stereocenters. The molecule has 0 amide bonds. The maximum Gasteiger partial charge on any atom is 0.140 e. The molecular weight excluding hydrogens is 232 g/mol. The molecule has 3 nitrogen and oxygen atoms in total. The van der Waals surface area contributed by atoms with Gasteiger partial charge in [-0.05, 0) is 26.0 Å². The third-order valence-corrected chi connectivity index (χ3v) is 3.73. The standard InChI is InChI=1S/C13H16N2OS/c1-9(14)13-10(2)15-12(17-13)8-16-11-6-4-3-5-7-11/h3-7,9H,8,14H2,1-2H3. The molecule has 0 aliphatic carbocycles. The Morgan fingerprint density at radius 1 is 1.35 bits per heavy atom. The van der Waals surface area contributed by atoms with E-state index in [1.165, 1.54) is 0 Å². The van der Waals surface area contributed by atoms with Crippen molar-refractivity contribution in [3.63, 3.8) is 0 Å². The number of nitrogens with two attached hydrogens (primary N) is 1. The van der Waals surface area contributed by atoms with E-state index in [9.17, 15) is 0 Å². The summed E-state index contributed by atoms with van der Waals surface area (Å²) >= 11 is 1.63. The van der Waals surface area contributed by atoms with Gasteiger partial charge in [0.1, 0.15) is 17.4 Å². The molecule has 0 radical (unpaired) electrons. The Balaban J connectivity index is 2.02. The second kappa shape index (κ2) is 5.29. The van der Waals surface area contributed by atoms with E-state index in [4.69, 9.17) is 10.5 Å². The fraction of sp³-hybridized carbons (Fsp3) is 0.308. The minimum atomic E-state index is 0.0398. The van der Waals surface area contributed by atoms with Gasteiger partial charge in [-0.1, -0.05) is 18.2 Å². The number of hydrogen-bond acceptors (Lipinski definition) is 4. The van der Waals surface area contributed by atoms with Crippen LogP contribution in [0.25, 0.3) is 0 Å². The normalized spacial score (nSPS) is 12.4. The number of benzene rings is 1. The minimum absolute atomic E-state index is 0.0398. The summed E-state index contributed by atoms with van der Waals surface area (Å²) in [5.74, 6) is 0.864. The molecule has 0 saturated heterocycles. The number of ether oxygens (including phenoxy) is 1. The summed E-state index contributed by atoms with van der Waals surface area (Å²) in [7, 11) is 0. The zero-order chi connectivity index (χ0) is 12.3. The molecule has 2 rings (SSSR count). The molecule has 0 spiro atoms. The molecule has 1 aromatic heterocycles. The molecule has 2 N–H and O–H groups in total. The molecule has 1 aromatic carbocycles. The number of para-hydroxylation sites is 1. The average Bonchev–Trinajstić information content (AvgIpc) is 2.69. The zero-order valence-corrected chi connectivity index (χ0v) is 10.8. The van der Waals surface area contributed by atoms with Crippen molar-refractivity contribution in [2.45, 2.75) is 26.5 Å². The Labute approximate surface area is 105 Å². The lowest BCUT2D eigenvalue weighted by atomic mass is 10.2. The topological polar surface area (TPSA) is 48.1 Å². The molecular formula is C13H16N2OS. The summed E-state index contributed by atoms with van der Waals surface area (Å²) in [6.07, 6.45) is 0. The van der Waals surface area contributed by atoms with Gasteiger partial charge in [-0.2, -0.15) is 0 Å². The van der Waals surface area contributed by atoms with Gasteiger partial charge >= 0.3 is 0 Å². The first-order chi connectivity index (χ1) is 8.16. The summed E-state index contributed by atoms with van der Waals surface area (Å²) in [6, 6.07) is 9.79. The van der Waals surface area contributed by atoms with Crippen LogP contribution in [0.5, 0.6) is 5.75 Å². The number of aromatic nitrogens is 1. The van der Waals surface area contributed by atoms with Gasteiger partial charge in [-0.25, -0.2) is 4.98 Å². The molecule has 2 aromatic rings. The average molecular weight is 248 g/mol. The lowest BCUT2D eigenvalue weighted by Gasteiger charge is -2.02. The molecule has 1 heterocycles. The van der Waals surface area contributed by atoms with Gasteiger partial charge in [-0.15, -0.1) is 11.3 Å². The summed E-state index contributed by atoms with van der Waals surface area (Å²) < 4.78 is 5.65. The van der Waals surface area contributed by atoms with Crippen molar-refractivity contribution in [1.29, 1.82) is 0 Å². The maximum atomic E-state index is 5.86. The lowest BCUT2D eigenvalue weighted by molar-refractivity contribution is 0.305. The highest BCUT2D eigenvalue weighted by Crippen LogP contribution is 2.24. The zero-order valence-electron chi connectivity index (χ0n) is 10.0. The predicted molar refractivity (Wildman–Crippen MR) is 70.2 cm³/mol. The van der Waals surface area contributed by atoms with Crippen LogP contribution in [0.15, 0.2) is 30.3 Å². The monoisotopic (exact) mass is 248 g/mol. The largest absolute Gasteiger partial charge is 0.486 e. The second-order valence-corrected chi connectivity index (χ2v) is 5.06. The first kappa shape index (κ1) is 12.1. The number of rotatable bonds is 4. The molecule has 0 fully saturated rings. The lowest BCUT2D eigenvalue weighted by Crippen LogP contribution is -2.03. The molecule has 4 heteroatoms. The summed E-state index contributed by atoms with van der Waals surface area (Å²) in [5.41, 5.74) is 6.88. The third kappa shape index (κ3) is 3.05. The fourth-order valence-electron chi connectivity index (χ4n) is 1.61. The van der Waals surface area contributed by atoms with E-state index in [0.717, 1.165) is 21.3 Å². The summed E-state index contributed by atoms with van der Waals surface area (Å²) in [5, 5.41) is 0.971. The Hall–Kier alpha value is -1.39. The van der Waals surface area contributed by atoms with E-state index in [1.807, 2.05) is 44.2 Å². The van der Waals surface area contributed by atoms with Gasteiger partial charge in [0.05, 0.1) is 5.69 Å². The fourth-order valence-corrected chi connectivity index (χ4v) is 2.55. The Kier molecular flexibility index (Phi) is 3.76. The summed E-state index contributed by atoms with van der Waals surface area (Å²) in [4.78, 5) is 5.60. The van der Waals surface area contributed by atoms with Crippen LogP contribution in [0.3, 0.4) is 0 Å². The first-order valence-electron chi connectivity index (χ1n) is 5.56. The van der Waals surface area contributed by atoms with E-state index in [1.54, 1.807) is 11.3 Å². The van der Waals surface area contributed by atoms with Crippen LogP contribution in [0, 0.1) is 6.92 Å². The van der Waals surface area contributed by atoms with E-state index in [0.29, 0.717) is 6.61 Å². The SMILES string of the molecule is Cc1nc(COc2ccccc2)sc1C(C)N. The van der Waals surface area contributed by atoms with Gasteiger partial charge in [0.15, 0.2) is 0 Å². The highest BCUT2D eigenvalue weighted by molar-refractivity contribution is 7.11. The van der Waals surface area contributed by atoms with Crippen molar-refractivity contribution >= 4 is 11.3 Å². The van der Waals surface area contributed by atoms with Gasteiger partial charge < -0.3 is 10.5 Å². The van der Waals surface area contributed by atoms with Crippen LogP contribution in [-0.2, 0) is 6.61 Å². The third-order valence-electron chi connectivity index (χ3n) is 2.40. The first-order valence-corrected chi connectivity index (χ1v) is 6.38. The summed E-state index contributed by atoms with van der Waals surface area (Å²) in [6.45, 7) is 4.46. The Bertz CT molecular complexity index is 479. The van der Waals surface area contributed by atoms with E-state index >= 15 is 0 Å². The van der Waals surface area contributed by atoms with Gasteiger partial charge in [0.2, 0.25) is 0 Å². The van der Waals surface area contributed by atoms with E-state index in [2.05, 4.69) is 4.98 Å². The van der Waals surface area contributed by atoms with E-state index < -0.39 is 0 Å². The second-order valence-electron chi connectivity index (χ2n) is 3.95. The number of aryl methyl sites for hydroxylation is 1. The maximum absolute atomic E-state index is 5.86. The minimum Gasteiger partial charge on any atom is -0.486 e. The number of nitrogens with zero attached hydrogens (tertiary/aromatic N) is 1. The van der Waals surface area contributed by atoms with Gasteiger partial charge in [0, 0.05) is 10.9 Å². The molecule has 0 aliphatic heterocycles. The van der Waals surface area contributed by atoms with Crippen LogP contribution in [0.4, 0.5) is 0 Å². The molecule has 90 valence electrons. The van der Waals surface area contributed by atoms with Gasteiger partial charge in [-0.3, -0.25) is 0 Å². The smallest absolute Gasteiger partial charge is 0.140 e. The van der Waals surface area contributed by atoms with Crippen LogP contribution in [0.2, 0.25) is 0 Å². The quantitative estimate of drug-likeness (QED) is 0.904. The van der Waals surface area contributed by atoms with Crippen molar-refractivity contribution < 1.29 is 4.74 Å². The highest BCUT2D eigenvalue weighted by Gasteiger charge is 2.11. The van der Waals surface area contributed by atoms with Crippen LogP contribution >= 0.6 is 11.3 Å².